The molecule has 98 valence electrons. The number of carbonyl (C=O) groups excluding carboxylic acids is 1. The monoisotopic (exact) mass is 270 g/mol. The fourth-order valence-corrected chi connectivity index (χ4v) is 3.31. The Kier molecular flexibility index (Phi) is 3.60. The van der Waals surface area contributed by atoms with Gasteiger partial charge < -0.3 is 14.4 Å². The van der Waals surface area contributed by atoms with Crippen LogP contribution in [0.25, 0.3) is 0 Å². The van der Waals surface area contributed by atoms with Crippen LogP contribution < -0.4 is 0 Å². The molecular formula is C11H14N2O4S. The van der Waals surface area contributed by atoms with E-state index in [1.54, 1.807) is 6.92 Å². The first kappa shape index (κ1) is 12.9. The molecule has 2 atom stereocenters. The number of rotatable bonds is 3. The van der Waals surface area contributed by atoms with E-state index in [0.29, 0.717) is 17.9 Å². The number of aryl methyl sites for hydroxylation is 1. The number of aliphatic carboxylic acids is 1. The van der Waals surface area contributed by atoms with Gasteiger partial charge in [-0.15, -0.1) is 11.8 Å². The molecule has 1 saturated heterocycles. The Labute approximate surface area is 108 Å². The van der Waals surface area contributed by atoms with Crippen LogP contribution in [0.15, 0.2) is 10.8 Å². The van der Waals surface area contributed by atoms with Crippen molar-refractivity contribution in [1.29, 1.82) is 0 Å². The molecule has 2 rings (SSSR count). The van der Waals surface area contributed by atoms with Crippen molar-refractivity contribution in [3.63, 3.8) is 0 Å². The molecular weight excluding hydrogens is 256 g/mol. The van der Waals surface area contributed by atoms with Crippen LogP contribution in [0.1, 0.15) is 29.6 Å². The number of nitrogens with zero attached hydrogens (tertiary/aromatic N) is 2. The number of hydrogen-bond acceptors (Lipinski definition) is 5. The second-order valence-corrected chi connectivity index (χ2v) is 5.24. The van der Waals surface area contributed by atoms with Crippen molar-refractivity contribution in [2.45, 2.75) is 31.7 Å². The predicted octanol–water partition coefficient (Wildman–Crippen LogP) is 1.36. The third kappa shape index (κ3) is 2.10. The summed E-state index contributed by atoms with van der Waals surface area (Å²) < 4.78 is 5.05. The average Bonchev–Trinajstić information content (AvgIpc) is 2.93. The number of oxazole rings is 1. The van der Waals surface area contributed by atoms with Crippen LogP contribution >= 0.6 is 11.8 Å². The van der Waals surface area contributed by atoms with Crippen LogP contribution in [0.2, 0.25) is 0 Å². The molecule has 7 heteroatoms. The quantitative estimate of drug-likeness (QED) is 0.892. The van der Waals surface area contributed by atoms with E-state index in [2.05, 4.69) is 4.98 Å². The number of thioether (sulfide) groups is 1. The van der Waals surface area contributed by atoms with Gasteiger partial charge in [0, 0.05) is 5.75 Å². The zero-order chi connectivity index (χ0) is 13.3. The molecule has 1 fully saturated rings. The van der Waals surface area contributed by atoms with Crippen LogP contribution in [0.5, 0.6) is 0 Å². The van der Waals surface area contributed by atoms with Gasteiger partial charge in [0.05, 0.1) is 11.1 Å². The van der Waals surface area contributed by atoms with Crippen molar-refractivity contribution in [1.82, 2.24) is 9.88 Å². The zero-order valence-electron chi connectivity index (χ0n) is 10.1. The Morgan fingerprint density at radius 1 is 1.67 bits per heavy atom. The summed E-state index contributed by atoms with van der Waals surface area (Å²) in [6.07, 6.45) is 1.90. The lowest BCUT2D eigenvalue weighted by Gasteiger charge is -2.25. The minimum Gasteiger partial charge on any atom is -0.480 e. The number of carboxylic acid groups (broad SMARTS) is 1. The lowest BCUT2D eigenvalue weighted by atomic mass is 10.2. The Balaban J connectivity index is 2.30. The van der Waals surface area contributed by atoms with Crippen molar-refractivity contribution in [2.24, 2.45) is 0 Å². The third-order valence-electron chi connectivity index (χ3n) is 2.90. The molecule has 0 bridgehead atoms. The highest BCUT2D eigenvalue weighted by Crippen LogP contribution is 2.33. The fourth-order valence-electron chi connectivity index (χ4n) is 1.97. The number of aromatic nitrogens is 1. The number of hydrogen-bond donors (Lipinski definition) is 1. The van der Waals surface area contributed by atoms with E-state index in [9.17, 15) is 9.59 Å². The number of amides is 1. The van der Waals surface area contributed by atoms with Gasteiger partial charge in [-0.25, -0.2) is 9.78 Å². The van der Waals surface area contributed by atoms with Gasteiger partial charge in [-0.05, 0) is 13.3 Å². The van der Waals surface area contributed by atoms with E-state index >= 15 is 0 Å². The van der Waals surface area contributed by atoms with Gasteiger partial charge in [-0.1, -0.05) is 6.92 Å². The van der Waals surface area contributed by atoms with Crippen molar-refractivity contribution in [3.05, 3.63) is 17.8 Å². The summed E-state index contributed by atoms with van der Waals surface area (Å²) in [5.41, 5.74) is 0.482. The van der Waals surface area contributed by atoms with Gasteiger partial charge in [0.2, 0.25) is 5.76 Å². The van der Waals surface area contributed by atoms with Gasteiger partial charge in [-0.2, -0.15) is 0 Å². The van der Waals surface area contributed by atoms with Crippen LogP contribution in [0, 0.1) is 6.92 Å². The van der Waals surface area contributed by atoms with Crippen LogP contribution in [-0.4, -0.2) is 44.0 Å². The molecule has 0 saturated carbocycles. The van der Waals surface area contributed by atoms with E-state index in [1.807, 2.05) is 6.92 Å². The second-order valence-electron chi connectivity index (χ2n) is 4.03. The van der Waals surface area contributed by atoms with Crippen LogP contribution in [0.4, 0.5) is 0 Å². The zero-order valence-corrected chi connectivity index (χ0v) is 10.9. The Morgan fingerprint density at radius 3 is 2.89 bits per heavy atom. The first-order valence-corrected chi connectivity index (χ1v) is 6.68. The number of carbonyl (C=O) groups is 2. The summed E-state index contributed by atoms with van der Waals surface area (Å²) in [5.74, 6) is -0.840. The predicted molar refractivity (Wildman–Crippen MR) is 65.4 cm³/mol. The molecule has 1 aromatic heterocycles. The van der Waals surface area contributed by atoms with E-state index < -0.39 is 17.9 Å². The topological polar surface area (TPSA) is 83.6 Å². The maximum atomic E-state index is 12.3. The molecule has 0 aliphatic carbocycles. The number of carboxylic acids is 1. The highest BCUT2D eigenvalue weighted by molar-refractivity contribution is 8.00. The Bertz CT molecular complexity index is 473. The summed E-state index contributed by atoms with van der Waals surface area (Å²) >= 11 is 1.48. The minimum atomic E-state index is -0.982. The Hall–Kier alpha value is -1.50. The van der Waals surface area contributed by atoms with Crippen LogP contribution in [0.3, 0.4) is 0 Å². The highest BCUT2D eigenvalue weighted by atomic mass is 32.2. The molecule has 2 heterocycles. The maximum absolute atomic E-state index is 12.3. The van der Waals surface area contributed by atoms with E-state index in [1.165, 1.54) is 23.1 Å². The standard InChI is InChI=1S/C11H14N2O4S/c1-3-8-13(7(4-18-8)11(15)16)10(14)9-6(2)12-5-17-9/h5,7-8H,3-4H2,1-2H3,(H,15,16). The van der Waals surface area contributed by atoms with Gasteiger partial charge in [0.15, 0.2) is 6.39 Å². The summed E-state index contributed by atoms with van der Waals surface area (Å²) in [5, 5.41) is 9.04. The fraction of sp³-hybridized carbons (Fsp3) is 0.545. The van der Waals surface area contributed by atoms with Gasteiger partial charge in [0.1, 0.15) is 6.04 Å². The molecule has 0 radical (unpaired) electrons. The maximum Gasteiger partial charge on any atom is 0.327 e. The summed E-state index contributed by atoms with van der Waals surface area (Å²) in [4.78, 5) is 28.8. The molecule has 0 spiro atoms. The SMILES string of the molecule is CCC1SCC(C(=O)O)N1C(=O)c1ocnc1C. The normalized spacial score (nSPS) is 23.3. The summed E-state index contributed by atoms with van der Waals surface area (Å²) in [7, 11) is 0. The van der Waals surface area contributed by atoms with E-state index in [0.717, 1.165) is 0 Å². The van der Waals surface area contributed by atoms with Gasteiger partial charge in [-0.3, -0.25) is 4.79 Å². The van der Waals surface area contributed by atoms with Crippen LogP contribution in [-0.2, 0) is 4.79 Å². The van der Waals surface area contributed by atoms with Crippen molar-refractivity contribution in [2.75, 3.05) is 5.75 Å². The molecule has 1 aliphatic heterocycles. The summed E-state index contributed by atoms with van der Waals surface area (Å²) in [6, 6.07) is -0.794. The molecule has 1 amide bonds. The van der Waals surface area contributed by atoms with E-state index in [4.69, 9.17) is 9.52 Å². The Morgan fingerprint density at radius 2 is 2.39 bits per heavy atom. The molecule has 6 nitrogen and oxygen atoms in total. The highest BCUT2D eigenvalue weighted by Gasteiger charge is 2.42. The van der Waals surface area contributed by atoms with Crippen molar-refractivity contribution >= 4 is 23.6 Å². The molecule has 2 unspecified atom stereocenters. The first-order valence-electron chi connectivity index (χ1n) is 5.63. The van der Waals surface area contributed by atoms with Crippen molar-refractivity contribution < 1.29 is 19.1 Å². The molecule has 0 aromatic carbocycles. The third-order valence-corrected chi connectivity index (χ3v) is 4.35. The lowest BCUT2D eigenvalue weighted by molar-refractivity contribution is -0.141. The molecule has 1 aliphatic rings. The molecule has 1 aromatic rings. The molecule has 18 heavy (non-hydrogen) atoms. The lowest BCUT2D eigenvalue weighted by Crippen LogP contribution is -2.45. The molecule has 1 N–H and O–H groups in total. The second kappa shape index (κ2) is 5.01. The van der Waals surface area contributed by atoms with Gasteiger partial charge >= 0.3 is 5.97 Å². The van der Waals surface area contributed by atoms with Crippen molar-refractivity contribution in [3.8, 4) is 0 Å². The average molecular weight is 270 g/mol. The first-order chi connectivity index (χ1) is 8.56. The largest absolute Gasteiger partial charge is 0.480 e. The summed E-state index contributed by atoms with van der Waals surface area (Å²) in [6.45, 7) is 3.59. The van der Waals surface area contributed by atoms with Gasteiger partial charge in [0.25, 0.3) is 5.91 Å². The smallest absolute Gasteiger partial charge is 0.327 e. The minimum absolute atomic E-state index is 0.122. The van der Waals surface area contributed by atoms with E-state index in [-0.39, 0.29) is 11.1 Å².